The zero-order chi connectivity index (χ0) is 23.9. The smallest absolute Gasteiger partial charge is 0.248 e. The molecule has 0 spiro atoms. The number of benzene rings is 2. The Morgan fingerprint density at radius 2 is 1.94 bits per heavy atom. The fraction of sp³-hybridized carbons (Fsp3) is 0.250. The number of carbonyl (C=O) groups excluding carboxylic acids is 2. The van der Waals surface area contributed by atoms with Gasteiger partial charge >= 0.3 is 0 Å². The van der Waals surface area contributed by atoms with E-state index in [9.17, 15) is 9.59 Å². The number of hydrogen-bond acceptors (Lipinski definition) is 6. The summed E-state index contributed by atoms with van der Waals surface area (Å²) in [6, 6.07) is 17.6. The minimum atomic E-state index is -0.838. The number of fused-ring (bicyclic) bond motifs is 1. The molecule has 1 N–H and O–H groups in total. The summed E-state index contributed by atoms with van der Waals surface area (Å²) in [6.45, 7) is 0.787. The second-order valence-electron chi connectivity index (χ2n) is 7.55. The van der Waals surface area contributed by atoms with E-state index in [-0.39, 0.29) is 24.9 Å². The van der Waals surface area contributed by atoms with E-state index >= 15 is 0 Å². The average Bonchev–Trinajstić information content (AvgIpc) is 3.51. The first-order chi connectivity index (χ1) is 16.6. The average molecular weight is 498 g/mol. The topological polar surface area (TPSA) is 89.4 Å². The van der Waals surface area contributed by atoms with Crippen molar-refractivity contribution < 1.29 is 14.3 Å². The Hall–Kier alpha value is -3.27. The number of methoxy groups -OCH3 is 1. The van der Waals surface area contributed by atoms with Crippen LogP contribution in [0.3, 0.4) is 0 Å². The summed E-state index contributed by atoms with van der Waals surface area (Å²) < 4.78 is 6.61. The summed E-state index contributed by atoms with van der Waals surface area (Å²) in [5, 5.41) is 13.6. The molecule has 0 radical (unpaired) electrons. The summed E-state index contributed by atoms with van der Waals surface area (Å²) in [7, 11) is 1.57. The van der Waals surface area contributed by atoms with Crippen LogP contribution in [0.2, 0.25) is 5.02 Å². The van der Waals surface area contributed by atoms with Gasteiger partial charge in [0.25, 0.3) is 0 Å². The number of para-hydroxylation sites is 1. The van der Waals surface area contributed by atoms with Crippen LogP contribution >= 0.6 is 22.9 Å². The minimum Gasteiger partial charge on any atom is -0.383 e. The van der Waals surface area contributed by atoms with Crippen molar-refractivity contribution in [3.8, 4) is 0 Å². The van der Waals surface area contributed by atoms with E-state index < -0.39 is 6.04 Å². The molecule has 0 aliphatic rings. The van der Waals surface area contributed by atoms with Crippen LogP contribution in [-0.2, 0) is 27.4 Å². The van der Waals surface area contributed by atoms with Crippen LogP contribution in [0.25, 0.3) is 11.0 Å². The fourth-order valence-electron chi connectivity index (χ4n) is 3.63. The first kappa shape index (κ1) is 23.9. The molecule has 4 aromatic rings. The molecule has 10 heteroatoms. The summed E-state index contributed by atoms with van der Waals surface area (Å²) in [4.78, 5) is 29.4. The van der Waals surface area contributed by atoms with Crippen molar-refractivity contribution in [1.29, 1.82) is 0 Å². The van der Waals surface area contributed by atoms with Crippen molar-refractivity contribution >= 4 is 45.8 Å². The van der Waals surface area contributed by atoms with Crippen molar-refractivity contribution in [2.75, 3.05) is 20.3 Å². The van der Waals surface area contributed by atoms with Crippen molar-refractivity contribution in [2.45, 2.75) is 19.1 Å². The molecule has 4 rings (SSSR count). The maximum absolute atomic E-state index is 13.7. The number of nitrogens with zero attached hydrogens (tertiary/aromatic N) is 4. The molecule has 0 unspecified atom stereocenters. The Bertz CT molecular complexity index is 1260. The lowest BCUT2D eigenvalue weighted by Gasteiger charge is -2.31. The Morgan fingerprint density at radius 3 is 2.71 bits per heavy atom. The predicted octanol–water partition coefficient (Wildman–Crippen LogP) is 3.68. The summed E-state index contributed by atoms with van der Waals surface area (Å²) in [6.07, 6.45) is 0. The van der Waals surface area contributed by atoms with Gasteiger partial charge in [0.05, 0.1) is 12.1 Å². The zero-order valence-corrected chi connectivity index (χ0v) is 20.1. The van der Waals surface area contributed by atoms with Crippen molar-refractivity contribution in [3.05, 3.63) is 81.5 Å². The van der Waals surface area contributed by atoms with E-state index in [1.807, 2.05) is 60.0 Å². The molecule has 2 aromatic heterocycles. The number of carbonyl (C=O) groups is 2. The molecule has 0 aliphatic carbocycles. The van der Waals surface area contributed by atoms with Crippen LogP contribution < -0.4 is 5.32 Å². The van der Waals surface area contributed by atoms with E-state index in [4.69, 9.17) is 16.3 Å². The molecule has 2 heterocycles. The molecule has 34 heavy (non-hydrogen) atoms. The minimum absolute atomic E-state index is 0.0712. The van der Waals surface area contributed by atoms with Gasteiger partial charge in [-0.2, -0.15) is 0 Å². The van der Waals surface area contributed by atoms with Crippen molar-refractivity contribution in [2.24, 2.45) is 0 Å². The molecule has 0 aliphatic heterocycles. The van der Waals surface area contributed by atoms with Crippen LogP contribution in [-0.4, -0.2) is 52.0 Å². The monoisotopic (exact) mass is 497 g/mol. The van der Waals surface area contributed by atoms with Gasteiger partial charge in [-0.3, -0.25) is 9.59 Å². The Morgan fingerprint density at radius 1 is 1.15 bits per heavy atom. The molecule has 0 saturated heterocycles. The Kier molecular flexibility index (Phi) is 7.89. The highest BCUT2D eigenvalue weighted by Crippen LogP contribution is 2.29. The van der Waals surface area contributed by atoms with Crippen molar-refractivity contribution in [1.82, 2.24) is 25.2 Å². The molecule has 0 bridgehead atoms. The molecule has 8 nitrogen and oxygen atoms in total. The Balaban J connectivity index is 1.69. The largest absolute Gasteiger partial charge is 0.383 e. The molecule has 176 valence electrons. The van der Waals surface area contributed by atoms with E-state index in [1.54, 1.807) is 22.8 Å². The second kappa shape index (κ2) is 11.2. The van der Waals surface area contributed by atoms with Gasteiger partial charge in [-0.05, 0) is 35.2 Å². The highest BCUT2D eigenvalue weighted by molar-refractivity contribution is 7.10. The molecule has 2 aromatic carbocycles. The highest BCUT2D eigenvalue weighted by Gasteiger charge is 2.33. The lowest BCUT2D eigenvalue weighted by molar-refractivity contribution is -0.142. The van der Waals surface area contributed by atoms with Gasteiger partial charge in [0, 0.05) is 30.1 Å². The SMILES string of the molecule is COCCNC(=O)[C@H](c1cccs1)N(Cc1ccccc1Cl)C(=O)Cn1nnc2ccccc21. The number of nitrogens with one attached hydrogen (secondary N) is 1. The normalized spacial score (nSPS) is 11.9. The molecular formula is C24H24ClN5O3S. The lowest BCUT2D eigenvalue weighted by Crippen LogP contribution is -2.45. The van der Waals surface area contributed by atoms with E-state index in [1.165, 1.54) is 11.3 Å². The van der Waals surface area contributed by atoms with E-state index in [0.717, 1.165) is 16.0 Å². The van der Waals surface area contributed by atoms with E-state index in [2.05, 4.69) is 15.6 Å². The first-order valence-corrected chi connectivity index (χ1v) is 12.0. The van der Waals surface area contributed by atoms with Gasteiger partial charge in [0.1, 0.15) is 18.1 Å². The number of hydrogen-bond donors (Lipinski definition) is 1. The third kappa shape index (κ3) is 5.44. The Labute approximate surface area is 206 Å². The summed E-state index contributed by atoms with van der Waals surface area (Å²) in [5.41, 5.74) is 2.18. The molecular weight excluding hydrogens is 474 g/mol. The van der Waals surface area contributed by atoms with Gasteiger partial charge in [-0.25, -0.2) is 4.68 Å². The third-order valence-electron chi connectivity index (χ3n) is 5.30. The summed E-state index contributed by atoms with van der Waals surface area (Å²) in [5.74, 6) is -0.570. The number of ether oxygens (including phenoxy) is 1. The number of aromatic nitrogens is 3. The first-order valence-electron chi connectivity index (χ1n) is 10.7. The molecule has 2 amide bonds. The van der Waals surface area contributed by atoms with Gasteiger partial charge in [-0.1, -0.05) is 53.2 Å². The maximum atomic E-state index is 13.7. The fourth-order valence-corrected chi connectivity index (χ4v) is 4.66. The molecule has 1 atom stereocenters. The van der Waals surface area contributed by atoms with Crippen LogP contribution in [0.4, 0.5) is 0 Å². The van der Waals surface area contributed by atoms with E-state index in [0.29, 0.717) is 23.7 Å². The van der Waals surface area contributed by atoms with Crippen LogP contribution in [0.1, 0.15) is 16.5 Å². The summed E-state index contributed by atoms with van der Waals surface area (Å²) >= 11 is 7.84. The molecule has 0 saturated carbocycles. The predicted molar refractivity (Wildman–Crippen MR) is 131 cm³/mol. The van der Waals surface area contributed by atoms with Gasteiger partial charge < -0.3 is 15.0 Å². The van der Waals surface area contributed by atoms with Crippen molar-refractivity contribution in [3.63, 3.8) is 0 Å². The standard InChI is InChI=1S/C24H24ClN5O3S/c1-33-13-12-26-24(32)23(21-11-6-14-34-21)29(15-17-7-2-3-8-18(17)25)22(31)16-30-20-10-5-4-9-19(20)27-28-30/h2-11,14,23H,12-13,15-16H2,1H3,(H,26,32)/t23-/m0/s1. The van der Waals surface area contributed by atoms with Crippen LogP contribution in [0.15, 0.2) is 66.0 Å². The highest BCUT2D eigenvalue weighted by atomic mass is 35.5. The van der Waals surface area contributed by atoms with Crippen LogP contribution in [0, 0.1) is 0 Å². The van der Waals surface area contributed by atoms with Crippen LogP contribution in [0.5, 0.6) is 0 Å². The number of rotatable bonds is 10. The van der Waals surface area contributed by atoms with Gasteiger partial charge in [-0.15, -0.1) is 16.4 Å². The third-order valence-corrected chi connectivity index (χ3v) is 6.60. The van der Waals surface area contributed by atoms with Gasteiger partial charge in [0.2, 0.25) is 11.8 Å². The van der Waals surface area contributed by atoms with Gasteiger partial charge in [0.15, 0.2) is 0 Å². The maximum Gasteiger partial charge on any atom is 0.248 e. The quantitative estimate of drug-likeness (QED) is 0.338. The number of halogens is 1. The number of amides is 2. The number of thiophene rings is 1. The second-order valence-corrected chi connectivity index (χ2v) is 8.94. The molecule has 0 fully saturated rings. The zero-order valence-electron chi connectivity index (χ0n) is 18.6. The lowest BCUT2D eigenvalue weighted by atomic mass is 10.1.